The highest BCUT2D eigenvalue weighted by atomic mass is 16.6. The summed E-state index contributed by atoms with van der Waals surface area (Å²) in [6, 6.07) is 8.90. The van der Waals surface area contributed by atoms with E-state index >= 15 is 0 Å². The van der Waals surface area contributed by atoms with Crippen molar-refractivity contribution in [3.8, 4) is 0 Å². The second-order valence-electron chi connectivity index (χ2n) is 5.52. The first-order chi connectivity index (χ1) is 9.13. The van der Waals surface area contributed by atoms with Gasteiger partial charge in [-0.2, -0.15) is 0 Å². The molecule has 0 saturated heterocycles. The molecule has 0 aliphatic carbocycles. The molecular formula is C14H20N2O4. The highest BCUT2D eigenvalue weighted by Crippen LogP contribution is 2.28. The van der Waals surface area contributed by atoms with Crippen LogP contribution in [0.5, 0.6) is 0 Å². The molecule has 1 rings (SSSR count). The molecule has 0 aliphatic heterocycles. The van der Waals surface area contributed by atoms with Crippen LogP contribution in [-0.4, -0.2) is 27.1 Å². The van der Waals surface area contributed by atoms with Gasteiger partial charge < -0.3 is 5.11 Å². The van der Waals surface area contributed by atoms with Crippen LogP contribution >= 0.6 is 0 Å². The fraction of sp³-hybridized carbons (Fsp3) is 0.500. The Balaban J connectivity index is 3.11. The summed E-state index contributed by atoms with van der Waals surface area (Å²) < 4.78 is 0. The molecule has 1 aromatic carbocycles. The Bertz CT molecular complexity index is 501. The minimum Gasteiger partial charge on any atom is -0.480 e. The van der Waals surface area contributed by atoms with E-state index in [2.05, 4.69) is 5.32 Å². The Morgan fingerprint density at radius 3 is 2.20 bits per heavy atom. The summed E-state index contributed by atoms with van der Waals surface area (Å²) in [5, 5.41) is 23.5. The zero-order chi connectivity index (χ0) is 15.6. The molecule has 0 amide bonds. The normalized spacial score (nSPS) is 16.2. The molecule has 0 radical (unpaired) electrons. The fourth-order valence-corrected chi connectivity index (χ4v) is 1.94. The van der Waals surface area contributed by atoms with Gasteiger partial charge in [0.05, 0.1) is 0 Å². The van der Waals surface area contributed by atoms with Gasteiger partial charge in [-0.3, -0.25) is 15.4 Å². The average molecular weight is 280 g/mol. The highest BCUT2D eigenvalue weighted by Gasteiger charge is 2.57. The predicted molar refractivity (Wildman–Crippen MR) is 75.1 cm³/mol. The van der Waals surface area contributed by atoms with Crippen LogP contribution in [0.3, 0.4) is 0 Å². The molecule has 0 spiro atoms. The number of hydrogen-bond donors (Lipinski definition) is 2. The van der Waals surface area contributed by atoms with Crippen molar-refractivity contribution in [1.29, 1.82) is 0 Å². The number of rotatable bonds is 6. The molecule has 0 heterocycles. The zero-order valence-corrected chi connectivity index (χ0v) is 12.1. The average Bonchev–Trinajstić information content (AvgIpc) is 2.38. The van der Waals surface area contributed by atoms with Gasteiger partial charge in [-0.25, -0.2) is 4.79 Å². The Morgan fingerprint density at radius 2 is 1.80 bits per heavy atom. The van der Waals surface area contributed by atoms with E-state index < -0.39 is 22.0 Å². The molecule has 2 N–H and O–H groups in total. The summed E-state index contributed by atoms with van der Waals surface area (Å²) in [7, 11) is 0. The first-order valence-corrected chi connectivity index (χ1v) is 6.33. The molecule has 110 valence electrons. The molecule has 0 bridgehead atoms. The van der Waals surface area contributed by atoms with Crippen molar-refractivity contribution < 1.29 is 14.8 Å². The number of carbonyl (C=O) groups is 1. The fourth-order valence-electron chi connectivity index (χ4n) is 1.94. The van der Waals surface area contributed by atoms with Crippen LogP contribution in [0.15, 0.2) is 30.3 Å². The van der Waals surface area contributed by atoms with E-state index in [1.54, 1.807) is 6.92 Å². The third-order valence-corrected chi connectivity index (χ3v) is 3.91. The van der Waals surface area contributed by atoms with Gasteiger partial charge in [0.2, 0.25) is 5.54 Å². The standard InChI is InChI=1S/C14H20N2O4/c1-10(11-8-6-5-7-9-11)15-14(4,12(17)18)13(2,3)16(19)20/h5-10,15H,1-4H3,(H,17,18). The van der Waals surface area contributed by atoms with E-state index in [-0.39, 0.29) is 6.04 Å². The van der Waals surface area contributed by atoms with Crippen molar-refractivity contribution in [2.24, 2.45) is 0 Å². The number of hydrogen-bond acceptors (Lipinski definition) is 4. The number of carboxylic acid groups (broad SMARTS) is 1. The molecule has 0 saturated carbocycles. The molecule has 6 heteroatoms. The van der Waals surface area contributed by atoms with Crippen molar-refractivity contribution in [1.82, 2.24) is 5.32 Å². The van der Waals surface area contributed by atoms with Crippen LogP contribution in [-0.2, 0) is 4.79 Å². The Kier molecular flexibility index (Phi) is 4.50. The number of benzene rings is 1. The quantitative estimate of drug-likeness (QED) is 0.615. The topological polar surface area (TPSA) is 92.5 Å². The summed E-state index contributed by atoms with van der Waals surface area (Å²) in [5.41, 5.74) is -2.47. The molecular weight excluding hydrogens is 260 g/mol. The SMILES string of the molecule is CC(NC(C)(C(=O)O)C(C)(C)[N+](=O)[O-])c1ccccc1. The largest absolute Gasteiger partial charge is 0.480 e. The minimum atomic E-state index is -1.69. The first-order valence-electron chi connectivity index (χ1n) is 6.33. The summed E-state index contributed by atoms with van der Waals surface area (Å²) in [6.45, 7) is 5.75. The van der Waals surface area contributed by atoms with E-state index in [1.165, 1.54) is 20.8 Å². The second-order valence-corrected chi connectivity index (χ2v) is 5.52. The van der Waals surface area contributed by atoms with Gasteiger partial charge >= 0.3 is 5.97 Å². The number of aliphatic carboxylic acids is 1. The first kappa shape index (κ1) is 16.1. The van der Waals surface area contributed by atoms with Gasteiger partial charge in [0.15, 0.2) is 5.54 Å². The predicted octanol–water partition coefficient (Wildman–Crippen LogP) is 2.24. The number of nitrogens with one attached hydrogen (secondary N) is 1. The van der Waals surface area contributed by atoms with Gasteiger partial charge in [0.1, 0.15) is 0 Å². The lowest BCUT2D eigenvalue weighted by molar-refractivity contribution is -0.571. The third kappa shape index (κ3) is 2.80. The van der Waals surface area contributed by atoms with E-state index in [0.717, 1.165) is 5.56 Å². The van der Waals surface area contributed by atoms with Gasteiger partial charge in [0, 0.05) is 24.8 Å². The van der Waals surface area contributed by atoms with Crippen molar-refractivity contribution in [3.05, 3.63) is 46.0 Å². The van der Waals surface area contributed by atoms with Crippen molar-refractivity contribution in [2.45, 2.75) is 44.8 Å². The Morgan fingerprint density at radius 1 is 1.30 bits per heavy atom. The maximum Gasteiger partial charge on any atom is 0.331 e. The molecule has 0 aromatic heterocycles. The lowest BCUT2D eigenvalue weighted by Crippen LogP contribution is -2.66. The van der Waals surface area contributed by atoms with E-state index in [9.17, 15) is 20.0 Å². The summed E-state index contributed by atoms with van der Waals surface area (Å²) in [6.07, 6.45) is 0. The number of carboxylic acids is 1. The van der Waals surface area contributed by atoms with Crippen LogP contribution in [0.4, 0.5) is 0 Å². The molecule has 20 heavy (non-hydrogen) atoms. The summed E-state index contributed by atoms with van der Waals surface area (Å²) in [5.74, 6) is -1.25. The molecule has 0 aliphatic rings. The highest BCUT2D eigenvalue weighted by molar-refractivity contribution is 5.80. The van der Waals surface area contributed by atoms with Gasteiger partial charge in [-0.1, -0.05) is 30.3 Å². The third-order valence-electron chi connectivity index (χ3n) is 3.91. The summed E-state index contributed by atoms with van der Waals surface area (Å²) in [4.78, 5) is 22.2. The smallest absolute Gasteiger partial charge is 0.331 e. The van der Waals surface area contributed by atoms with Crippen molar-refractivity contribution in [3.63, 3.8) is 0 Å². The van der Waals surface area contributed by atoms with Crippen LogP contribution in [0, 0.1) is 10.1 Å². The van der Waals surface area contributed by atoms with Gasteiger partial charge in [-0.05, 0) is 19.4 Å². The van der Waals surface area contributed by atoms with E-state index in [4.69, 9.17) is 0 Å². The van der Waals surface area contributed by atoms with Crippen LogP contribution in [0.25, 0.3) is 0 Å². The van der Waals surface area contributed by atoms with Gasteiger partial charge in [-0.15, -0.1) is 0 Å². The maximum atomic E-state index is 11.6. The lowest BCUT2D eigenvalue weighted by atomic mass is 9.80. The molecule has 2 atom stereocenters. The molecule has 2 unspecified atom stereocenters. The van der Waals surface area contributed by atoms with Gasteiger partial charge in [0.25, 0.3) is 0 Å². The monoisotopic (exact) mass is 280 g/mol. The number of nitro groups is 1. The zero-order valence-electron chi connectivity index (χ0n) is 12.1. The second kappa shape index (κ2) is 5.58. The van der Waals surface area contributed by atoms with Crippen LogP contribution in [0.1, 0.15) is 39.3 Å². The van der Waals surface area contributed by atoms with Crippen molar-refractivity contribution >= 4 is 5.97 Å². The van der Waals surface area contributed by atoms with Crippen LogP contribution < -0.4 is 5.32 Å². The van der Waals surface area contributed by atoms with Crippen LogP contribution in [0.2, 0.25) is 0 Å². The van der Waals surface area contributed by atoms with E-state index in [1.807, 2.05) is 30.3 Å². The van der Waals surface area contributed by atoms with E-state index in [0.29, 0.717) is 0 Å². The lowest BCUT2D eigenvalue weighted by Gasteiger charge is -2.36. The molecule has 6 nitrogen and oxygen atoms in total. The number of nitrogens with zero attached hydrogens (tertiary/aromatic N) is 1. The summed E-state index contributed by atoms with van der Waals surface area (Å²) >= 11 is 0. The molecule has 0 fully saturated rings. The minimum absolute atomic E-state index is 0.323. The Labute approximate surface area is 118 Å². The molecule has 1 aromatic rings. The maximum absolute atomic E-state index is 11.6. The van der Waals surface area contributed by atoms with Crippen molar-refractivity contribution in [2.75, 3.05) is 0 Å². The Hall–Kier alpha value is -1.95.